The topological polar surface area (TPSA) is 111 Å². The Morgan fingerprint density at radius 1 is 0.979 bits per heavy atom. The molecular formula is C34H36F3N7O4. The van der Waals surface area contributed by atoms with Gasteiger partial charge in [0.15, 0.2) is 0 Å². The highest BCUT2D eigenvalue weighted by Gasteiger charge is 2.40. The molecular weight excluding hydrogens is 627 g/mol. The molecule has 2 saturated heterocycles. The molecule has 1 amide bonds. The number of methoxy groups -OCH3 is 2. The van der Waals surface area contributed by atoms with Crippen LogP contribution in [0.4, 0.5) is 13.2 Å². The summed E-state index contributed by atoms with van der Waals surface area (Å²) in [5.74, 6) is -0.276. The lowest BCUT2D eigenvalue weighted by molar-refractivity contribution is -0.148. The van der Waals surface area contributed by atoms with E-state index < -0.39 is 30.5 Å². The number of halogens is 3. The number of nitrogens with zero attached hydrogens (tertiary/aromatic N) is 6. The minimum absolute atomic E-state index is 0.127. The molecule has 7 rings (SSSR count). The van der Waals surface area contributed by atoms with Crippen molar-refractivity contribution in [3.63, 3.8) is 0 Å². The number of fused-ring (bicyclic) bond motifs is 2. The predicted octanol–water partition coefficient (Wildman–Crippen LogP) is 5.47. The number of pyridine rings is 1. The van der Waals surface area contributed by atoms with Crippen molar-refractivity contribution >= 4 is 27.8 Å². The first kappa shape index (κ1) is 31.9. The van der Waals surface area contributed by atoms with E-state index in [9.17, 15) is 18.0 Å². The van der Waals surface area contributed by atoms with Gasteiger partial charge in [-0.05, 0) is 43.5 Å². The Bertz CT molecular complexity index is 1940. The molecule has 0 saturated carbocycles. The molecule has 14 heteroatoms. The fraction of sp³-hybridized carbons (Fsp3) is 0.412. The lowest BCUT2D eigenvalue weighted by Gasteiger charge is -2.33. The Morgan fingerprint density at radius 2 is 1.79 bits per heavy atom. The first-order chi connectivity index (χ1) is 23.2. The molecule has 3 aromatic heterocycles. The number of aromatic amines is 1. The number of imidazole rings is 2. The first-order valence-corrected chi connectivity index (χ1v) is 15.9. The average Bonchev–Trinajstić information content (AvgIpc) is 3.66. The van der Waals surface area contributed by atoms with E-state index in [1.807, 2.05) is 30.3 Å². The zero-order valence-electron chi connectivity index (χ0n) is 26.7. The van der Waals surface area contributed by atoms with Crippen LogP contribution in [0.1, 0.15) is 37.0 Å². The monoisotopic (exact) mass is 663 g/mol. The molecule has 252 valence electrons. The molecule has 0 spiro atoms. The minimum Gasteiger partial charge on any atom is -0.497 e. The molecule has 2 fully saturated rings. The highest BCUT2D eigenvalue weighted by atomic mass is 19.4. The lowest BCUT2D eigenvalue weighted by Crippen LogP contribution is -2.43. The number of amides is 1. The quantitative estimate of drug-likeness (QED) is 0.244. The van der Waals surface area contributed by atoms with Crippen LogP contribution in [0, 0.1) is 0 Å². The number of carbonyl (C=O) groups is 1. The zero-order valence-corrected chi connectivity index (χ0v) is 26.7. The Kier molecular flexibility index (Phi) is 8.69. The van der Waals surface area contributed by atoms with Crippen molar-refractivity contribution in [2.24, 2.45) is 0 Å². The number of hydrogen-bond acceptors (Lipinski definition) is 8. The Hall–Kier alpha value is -4.69. The van der Waals surface area contributed by atoms with Gasteiger partial charge in [-0.1, -0.05) is 18.2 Å². The molecule has 1 N–H and O–H groups in total. The van der Waals surface area contributed by atoms with E-state index in [4.69, 9.17) is 19.2 Å². The van der Waals surface area contributed by atoms with Gasteiger partial charge >= 0.3 is 6.18 Å². The minimum atomic E-state index is -4.77. The van der Waals surface area contributed by atoms with Gasteiger partial charge in [-0.3, -0.25) is 9.69 Å². The van der Waals surface area contributed by atoms with Crippen LogP contribution in [0.25, 0.3) is 33.2 Å². The summed E-state index contributed by atoms with van der Waals surface area (Å²) in [6, 6.07) is 13.9. The van der Waals surface area contributed by atoms with Crippen molar-refractivity contribution in [2.75, 3.05) is 47.1 Å². The van der Waals surface area contributed by atoms with Crippen molar-refractivity contribution in [2.45, 2.75) is 44.1 Å². The van der Waals surface area contributed by atoms with E-state index in [0.717, 1.165) is 28.3 Å². The van der Waals surface area contributed by atoms with Gasteiger partial charge < -0.3 is 28.7 Å². The van der Waals surface area contributed by atoms with Crippen LogP contribution in [-0.2, 0) is 22.3 Å². The first-order valence-electron chi connectivity index (χ1n) is 15.9. The van der Waals surface area contributed by atoms with E-state index in [1.165, 1.54) is 19.2 Å². The van der Waals surface area contributed by atoms with Crippen LogP contribution in [-0.4, -0.2) is 93.3 Å². The maximum absolute atomic E-state index is 14.3. The normalized spacial score (nSPS) is 18.4. The van der Waals surface area contributed by atoms with Gasteiger partial charge in [-0.2, -0.15) is 13.2 Å². The molecule has 2 aromatic carbocycles. The molecule has 1 atom stereocenters. The van der Waals surface area contributed by atoms with Crippen LogP contribution in [0.5, 0.6) is 11.6 Å². The SMILES string of the molecule is COc1ccc2nc(C(F)(F)F)n(CC(=O)N3CCN(C4CCOCC4)CCC3c3ncc(-c4cc5ccccc5nc4OC)[nH]3)c2c1. The smallest absolute Gasteiger partial charge is 0.449 e. The number of hydrogen-bond donors (Lipinski definition) is 1. The summed E-state index contributed by atoms with van der Waals surface area (Å²) in [6.45, 7) is 2.38. The van der Waals surface area contributed by atoms with Crippen molar-refractivity contribution in [3.8, 4) is 22.9 Å². The Morgan fingerprint density at radius 3 is 2.56 bits per heavy atom. The number of ether oxygens (including phenoxy) is 3. The highest BCUT2D eigenvalue weighted by Crippen LogP contribution is 2.36. The van der Waals surface area contributed by atoms with Crippen molar-refractivity contribution in [1.82, 2.24) is 34.3 Å². The predicted molar refractivity (Wildman–Crippen MR) is 172 cm³/mol. The number of para-hydroxylation sites is 1. The van der Waals surface area contributed by atoms with E-state index in [1.54, 1.807) is 24.3 Å². The maximum Gasteiger partial charge on any atom is 0.449 e. The number of nitrogens with one attached hydrogen (secondary N) is 1. The van der Waals surface area contributed by atoms with Gasteiger partial charge in [-0.25, -0.2) is 15.0 Å². The summed E-state index contributed by atoms with van der Waals surface area (Å²) in [4.78, 5) is 34.9. The average molecular weight is 664 g/mol. The van der Waals surface area contributed by atoms with Crippen molar-refractivity contribution < 1.29 is 32.2 Å². The number of carbonyl (C=O) groups excluding carboxylic acids is 1. The third-order valence-corrected chi connectivity index (χ3v) is 9.31. The number of aromatic nitrogens is 5. The van der Waals surface area contributed by atoms with Gasteiger partial charge in [0.05, 0.1) is 54.3 Å². The van der Waals surface area contributed by atoms with Gasteiger partial charge in [-0.15, -0.1) is 0 Å². The molecule has 0 bridgehead atoms. The third-order valence-electron chi connectivity index (χ3n) is 9.31. The largest absolute Gasteiger partial charge is 0.497 e. The van der Waals surface area contributed by atoms with Crippen LogP contribution >= 0.6 is 0 Å². The third kappa shape index (κ3) is 6.17. The van der Waals surface area contributed by atoms with Gasteiger partial charge in [0.2, 0.25) is 17.6 Å². The van der Waals surface area contributed by atoms with Gasteiger partial charge in [0, 0.05) is 50.3 Å². The lowest BCUT2D eigenvalue weighted by atomic mass is 10.1. The molecule has 2 aliphatic heterocycles. The van der Waals surface area contributed by atoms with Crippen molar-refractivity contribution in [1.29, 1.82) is 0 Å². The summed E-state index contributed by atoms with van der Waals surface area (Å²) in [5, 5.41) is 0.924. The van der Waals surface area contributed by atoms with Gasteiger partial charge in [0.25, 0.3) is 0 Å². The summed E-state index contributed by atoms with van der Waals surface area (Å²) in [6.07, 6.45) is -0.780. The number of alkyl halides is 3. The Labute approximate surface area is 274 Å². The maximum atomic E-state index is 14.3. The molecule has 5 heterocycles. The highest BCUT2D eigenvalue weighted by molar-refractivity contribution is 5.85. The number of rotatable bonds is 7. The van der Waals surface area contributed by atoms with Crippen LogP contribution in [0.3, 0.4) is 0 Å². The second kappa shape index (κ2) is 13.1. The second-order valence-electron chi connectivity index (χ2n) is 12.1. The molecule has 48 heavy (non-hydrogen) atoms. The summed E-state index contributed by atoms with van der Waals surface area (Å²) >= 11 is 0. The molecule has 5 aromatic rings. The van der Waals surface area contributed by atoms with Crippen molar-refractivity contribution in [3.05, 3.63) is 66.4 Å². The van der Waals surface area contributed by atoms with E-state index in [0.29, 0.717) is 74.0 Å². The van der Waals surface area contributed by atoms with Gasteiger partial charge in [0.1, 0.15) is 18.1 Å². The summed E-state index contributed by atoms with van der Waals surface area (Å²) in [7, 11) is 2.99. The van der Waals surface area contributed by atoms with Crippen LogP contribution < -0.4 is 9.47 Å². The summed E-state index contributed by atoms with van der Waals surface area (Å²) < 4.78 is 60.2. The molecule has 1 unspecified atom stereocenters. The van der Waals surface area contributed by atoms with E-state index in [-0.39, 0.29) is 11.0 Å². The van der Waals surface area contributed by atoms with Crippen LogP contribution in [0.2, 0.25) is 0 Å². The number of benzene rings is 2. The molecule has 0 aliphatic carbocycles. The molecule has 0 radical (unpaired) electrons. The molecule has 2 aliphatic rings. The zero-order chi connectivity index (χ0) is 33.4. The van der Waals surface area contributed by atoms with E-state index in [2.05, 4.69) is 19.9 Å². The van der Waals surface area contributed by atoms with E-state index >= 15 is 0 Å². The second-order valence-corrected chi connectivity index (χ2v) is 12.1. The number of H-pyrrole nitrogens is 1. The standard InChI is InChI=1S/C34H36F3N7O4/c1-46-23-7-8-26-29(18-23)44(33(41-26)34(35,36)37)20-30(45)43-14-13-42(22-10-15-48-16-11-22)12-9-28(43)31-38-19-27(39-31)24-17-21-5-3-4-6-25(21)40-32(24)47-2/h3-8,17-19,22,28H,9-16,20H2,1-2H3,(H,38,39). The Balaban J connectivity index is 1.25. The molecule has 11 nitrogen and oxygen atoms in total. The summed E-state index contributed by atoms with van der Waals surface area (Å²) in [5.41, 5.74) is 2.45. The fourth-order valence-electron chi connectivity index (χ4n) is 6.87. The van der Waals surface area contributed by atoms with Crippen LogP contribution in [0.15, 0.2) is 54.7 Å². The fourth-order valence-corrected chi connectivity index (χ4v) is 6.87.